The smallest absolute Gasteiger partial charge is 0.146 e. The van der Waals surface area contributed by atoms with E-state index in [2.05, 4.69) is 4.98 Å². The Labute approximate surface area is 86.0 Å². The van der Waals surface area contributed by atoms with Crippen molar-refractivity contribution >= 4 is 11.6 Å². The average Bonchev–Trinajstić information content (AvgIpc) is 2.51. The van der Waals surface area contributed by atoms with E-state index < -0.39 is 0 Å². The maximum Gasteiger partial charge on any atom is 0.146 e. The largest absolute Gasteiger partial charge is 0.331 e. The number of hydrogen-bond donors (Lipinski definition) is 0. The zero-order chi connectivity index (χ0) is 9.97. The van der Waals surface area contributed by atoms with Crippen LogP contribution in [0.3, 0.4) is 0 Å². The van der Waals surface area contributed by atoms with Gasteiger partial charge in [-0.1, -0.05) is 23.7 Å². The minimum absolute atomic E-state index is 0.228. The number of imidazole rings is 1. The fraction of sp³-hybridized carbons (Fsp3) is 0.100. The second-order valence-corrected chi connectivity index (χ2v) is 3.39. The predicted octanol–water partition coefficient (Wildman–Crippen LogP) is 2.72. The summed E-state index contributed by atoms with van der Waals surface area (Å²) in [4.78, 5) is 3.87. The topological polar surface area (TPSA) is 17.8 Å². The van der Waals surface area contributed by atoms with Crippen LogP contribution in [0.5, 0.6) is 0 Å². The van der Waals surface area contributed by atoms with Crippen molar-refractivity contribution in [1.29, 1.82) is 0 Å². The molecule has 0 fully saturated rings. The molecule has 0 radical (unpaired) electrons. The molecule has 0 spiro atoms. The average molecular weight is 211 g/mol. The third kappa shape index (κ3) is 2.12. The van der Waals surface area contributed by atoms with Gasteiger partial charge in [-0.15, -0.1) is 0 Å². The van der Waals surface area contributed by atoms with Gasteiger partial charge >= 0.3 is 0 Å². The molecule has 0 atom stereocenters. The van der Waals surface area contributed by atoms with E-state index in [1.807, 2.05) is 6.07 Å². The molecule has 72 valence electrons. The molecule has 0 saturated heterocycles. The van der Waals surface area contributed by atoms with Crippen LogP contribution in [0.15, 0.2) is 36.8 Å². The first-order valence-electron chi connectivity index (χ1n) is 4.16. The van der Waals surface area contributed by atoms with E-state index in [0.717, 1.165) is 5.56 Å². The zero-order valence-corrected chi connectivity index (χ0v) is 8.08. The summed E-state index contributed by atoms with van der Waals surface area (Å²) in [5.74, 6) is -0.228. The lowest BCUT2D eigenvalue weighted by molar-refractivity contribution is 0.623. The quantitative estimate of drug-likeness (QED) is 0.745. The summed E-state index contributed by atoms with van der Waals surface area (Å²) in [6, 6.07) is 6.46. The van der Waals surface area contributed by atoms with Gasteiger partial charge in [0.2, 0.25) is 0 Å². The Balaban J connectivity index is 2.18. The van der Waals surface area contributed by atoms with Crippen molar-refractivity contribution in [3.8, 4) is 0 Å². The normalized spacial score (nSPS) is 10.4. The predicted molar refractivity (Wildman–Crippen MR) is 52.7 cm³/mol. The lowest BCUT2D eigenvalue weighted by Crippen LogP contribution is -1.96. The van der Waals surface area contributed by atoms with Crippen molar-refractivity contribution in [2.45, 2.75) is 6.54 Å². The van der Waals surface area contributed by atoms with Crippen molar-refractivity contribution in [1.82, 2.24) is 9.55 Å². The molecule has 2 aromatic rings. The third-order valence-electron chi connectivity index (χ3n) is 1.86. The molecule has 0 bridgehead atoms. The molecule has 0 saturated carbocycles. The number of benzene rings is 1. The first kappa shape index (κ1) is 9.21. The number of halogens is 2. The Morgan fingerprint density at radius 3 is 2.93 bits per heavy atom. The van der Waals surface area contributed by atoms with E-state index in [9.17, 15) is 4.39 Å². The highest BCUT2D eigenvalue weighted by Gasteiger charge is 1.98. The van der Waals surface area contributed by atoms with Crippen LogP contribution < -0.4 is 0 Å². The number of nitrogens with zero attached hydrogens (tertiary/aromatic N) is 2. The van der Waals surface area contributed by atoms with E-state index in [0.29, 0.717) is 11.7 Å². The molecule has 1 aromatic heterocycles. The van der Waals surface area contributed by atoms with Crippen molar-refractivity contribution in [3.63, 3.8) is 0 Å². The molecule has 2 rings (SSSR count). The van der Waals surface area contributed by atoms with Crippen molar-refractivity contribution in [2.24, 2.45) is 0 Å². The van der Waals surface area contributed by atoms with Crippen molar-refractivity contribution in [2.75, 3.05) is 0 Å². The molecule has 1 heterocycles. The van der Waals surface area contributed by atoms with Crippen LogP contribution in [0.1, 0.15) is 5.56 Å². The highest BCUT2D eigenvalue weighted by atomic mass is 35.5. The first-order chi connectivity index (χ1) is 6.74. The first-order valence-corrected chi connectivity index (χ1v) is 4.53. The van der Waals surface area contributed by atoms with E-state index in [4.69, 9.17) is 11.6 Å². The van der Waals surface area contributed by atoms with Gasteiger partial charge in [-0.25, -0.2) is 9.37 Å². The summed E-state index contributed by atoms with van der Waals surface area (Å²) >= 11 is 5.65. The van der Waals surface area contributed by atoms with Crippen LogP contribution in [0.4, 0.5) is 4.39 Å². The standard InChI is InChI=1S/C10H8ClFN2/c11-10-6-14(7-13-10)5-8-2-1-3-9(12)4-8/h1-4,6-7H,5H2. The molecule has 1 aromatic carbocycles. The maximum atomic E-state index is 12.8. The van der Waals surface area contributed by atoms with Crippen LogP contribution in [-0.2, 0) is 6.54 Å². The summed E-state index contributed by atoms with van der Waals surface area (Å²) in [5.41, 5.74) is 0.888. The summed E-state index contributed by atoms with van der Waals surface area (Å²) in [6.45, 7) is 0.581. The molecule has 2 nitrogen and oxygen atoms in total. The molecule has 0 aliphatic rings. The van der Waals surface area contributed by atoms with Crippen LogP contribution in [-0.4, -0.2) is 9.55 Å². The maximum absolute atomic E-state index is 12.8. The summed E-state index contributed by atoms with van der Waals surface area (Å²) in [6.07, 6.45) is 3.32. The molecule has 0 aliphatic heterocycles. The van der Waals surface area contributed by atoms with Gasteiger partial charge in [0, 0.05) is 12.7 Å². The van der Waals surface area contributed by atoms with Crippen LogP contribution in [0.25, 0.3) is 0 Å². The minimum Gasteiger partial charge on any atom is -0.331 e. The fourth-order valence-corrected chi connectivity index (χ4v) is 1.43. The monoisotopic (exact) mass is 210 g/mol. The molecular weight excluding hydrogens is 203 g/mol. The molecule has 0 amide bonds. The second kappa shape index (κ2) is 3.80. The SMILES string of the molecule is Fc1cccc(Cn2cnc(Cl)c2)c1. The van der Waals surface area contributed by atoms with Crippen LogP contribution in [0, 0.1) is 5.82 Å². The zero-order valence-electron chi connectivity index (χ0n) is 7.32. The summed E-state index contributed by atoms with van der Waals surface area (Å²) in [7, 11) is 0. The van der Waals surface area contributed by atoms with Crippen LogP contribution >= 0.6 is 11.6 Å². The van der Waals surface area contributed by atoms with E-state index in [1.54, 1.807) is 23.2 Å². The van der Waals surface area contributed by atoms with Gasteiger partial charge in [-0.05, 0) is 17.7 Å². The van der Waals surface area contributed by atoms with Crippen molar-refractivity contribution < 1.29 is 4.39 Å². The number of rotatable bonds is 2. The Kier molecular flexibility index (Phi) is 2.50. The van der Waals surface area contributed by atoms with Gasteiger partial charge in [0.25, 0.3) is 0 Å². The number of hydrogen-bond acceptors (Lipinski definition) is 1. The molecule has 0 aliphatic carbocycles. The molecule has 0 unspecified atom stereocenters. The van der Waals surface area contributed by atoms with Gasteiger partial charge in [0.1, 0.15) is 11.0 Å². The van der Waals surface area contributed by atoms with Gasteiger partial charge in [-0.2, -0.15) is 0 Å². The molecule has 14 heavy (non-hydrogen) atoms. The minimum atomic E-state index is -0.228. The fourth-order valence-electron chi connectivity index (χ4n) is 1.27. The highest BCUT2D eigenvalue weighted by Crippen LogP contribution is 2.08. The Morgan fingerprint density at radius 2 is 2.29 bits per heavy atom. The molecule has 4 heteroatoms. The van der Waals surface area contributed by atoms with Crippen molar-refractivity contribution in [3.05, 3.63) is 53.3 Å². The number of aromatic nitrogens is 2. The van der Waals surface area contributed by atoms with Gasteiger partial charge < -0.3 is 4.57 Å². The summed E-state index contributed by atoms with van der Waals surface area (Å²) in [5, 5.41) is 0.446. The highest BCUT2D eigenvalue weighted by molar-refractivity contribution is 6.29. The van der Waals surface area contributed by atoms with E-state index in [-0.39, 0.29) is 5.82 Å². The van der Waals surface area contributed by atoms with Gasteiger partial charge in [-0.3, -0.25) is 0 Å². The molecular formula is C10H8ClFN2. The Bertz CT molecular complexity index is 439. The van der Waals surface area contributed by atoms with Gasteiger partial charge in [0.05, 0.1) is 6.33 Å². The third-order valence-corrected chi connectivity index (χ3v) is 2.05. The Hall–Kier alpha value is -1.35. The summed E-state index contributed by atoms with van der Waals surface area (Å²) < 4.78 is 14.6. The Morgan fingerprint density at radius 1 is 1.43 bits per heavy atom. The molecule has 0 N–H and O–H groups in total. The lowest BCUT2D eigenvalue weighted by Gasteiger charge is -2.01. The van der Waals surface area contributed by atoms with E-state index >= 15 is 0 Å². The van der Waals surface area contributed by atoms with E-state index in [1.165, 1.54) is 12.1 Å². The van der Waals surface area contributed by atoms with Crippen LogP contribution in [0.2, 0.25) is 5.15 Å². The lowest BCUT2D eigenvalue weighted by atomic mass is 10.2. The second-order valence-electron chi connectivity index (χ2n) is 3.00. The van der Waals surface area contributed by atoms with Gasteiger partial charge in [0.15, 0.2) is 0 Å².